The van der Waals surface area contributed by atoms with Crippen molar-refractivity contribution in [2.24, 2.45) is 0 Å². The molecule has 0 aliphatic heterocycles. The van der Waals surface area contributed by atoms with Crippen molar-refractivity contribution >= 4 is 11.6 Å². The summed E-state index contributed by atoms with van der Waals surface area (Å²) in [4.78, 5) is 0. The number of hydrogen-bond acceptors (Lipinski definition) is 2. The minimum atomic E-state index is 0.0137. The number of rotatable bonds is 5. The van der Waals surface area contributed by atoms with Gasteiger partial charge in [-0.1, -0.05) is 0 Å². The Kier molecular flexibility index (Phi) is 4.81. The summed E-state index contributed by atoms with van der Waals surface area (Å²) < 4.78 is 7.49. The van der Waals surface area contributed by atoms with Crippen LogP contribution in [-0.2, 0) is 11.3 Å². The van der Waals surface area contributed by atoms with E-state index in [1.54, 1.807) is 0 Å². The SMILES string of the molecule is Cc1nn(CCOC(C)C)c(C)c1C(C)Cl. The molecule has 0 saturated heterocycles. The highest BCUT2D eigenvalue weighted by Gasteiger charge is 2.15. The molecule has 1 rings (SSSR count). The van der Waals surface area contributed by atoms with Gasteiger partial charge >= 0.3 is 0 Å². The van der Waals surface area contributed by atoms with Gasteiger partial charge in [0.15, 0.2) is 0 Å². The molecule has 0 radical (unpaired) electrons. The summed E-state index contributed by atoms with van der Waals surface area (Å²) in [6.07, 6.45) is 0.267. The highest BCUT2D eigenvalue weighted by atomic mass is 35.5. The van der Waals surface area contributed by atoms with Crippen LogP contribution in [0, 0.1) is 13.8 Å². The van der Waals surface area contributed by atoms with E-state index in [0.717, 1.165) is 23.5 Å². The van der Waals surface area contributed by atoms with E-state index in [0.29, 0.717) is 6.61 Å². The number of alkyl halides is 1. The molecule has 1 heterocycles. The maximum atomic E-state index is 6.13. The fourth-order valence-electron chi connectivity index (χ4n) is 1.88. The number of hydrogen-bond donors (Lipinski definition) is 0. The molecule has 0 aromatic carbocycles. The Balaban J connectivity index is 2.71. The molecule has 0 N–H and O–H groups in total. The number of nitrogens with zero attached hydrogens (tertiary/aromatic N) is 2. The van der Waals surface area contributed by atoms with Crippen molar-refractivity contribution in [2.75, 3.05) is 6.61 Å². The van der Waals surface area contributed by atoms with Crippen molar-refractivity contribution in [2.45, 2.75) is 52.6 Å². The Labute approximate surface area is 103 Å². The zero-order chi connectivity index (χ0) is 12.3. The largest absolute Gasteiger partial charge is 0.377 e. The maximum Gasteiger partial charge on any atom is 0.0666 e. The third-order valence-electron chi connectivity index (χ3n) is 2.59. The van der Waals surface area contributed by atoms with E-state index < -0.39 is 0 Å². The summed E-state index contributed by atoms with van der Waals surface area (Å²) in [5, 5.41) is 4.49. The molecule has 0 bridgehead atoms. The topological polar surface area (TPSA) is 27.1 Å². The third kappa shape index (κ3) is 3.22. The van der Waals surface area contributed by atoms with Crippen LogP contribution in [0.5, 0.6) is 0 Å². The van der Waals surface area contributed by atoms with Crippen LogP contribution < -0.4 is 0 Å². The summed E-state index contributed by atoms with van der Waals surface area (Å²) in [6.45, 7) is 11.6. The zero-order valence-corrected chi connectivity index (χ0v) is 11.5. The molecule has 92 valence electrons. The first kappa shape index (κ1) is 13.5. The molecule has 0 aliphatic rings. The van der Waals surface area contributed by atoms with Crippen LogP contribution in [0.4, 0.5) is 0 Å². The highest BCUT2D eigenvalue weighted by Crippen LogP contribution is 2.25. The van der Waals surface area contributed by atoms with Gasteiger partial charge in [0, 0.05) is 11.3 Å². The number of ether oxygens (including phenoxy) is 1. The highest BCUT2D eigenvalue weighted by molar-refractivity contribution is 6.20. The second-order valence-electron chi connectivity index (χ2n) is 4.34. The van der Waals surface area contributed by atoms with Gasteiger partial charge in [0.25, 0.3) is 0 Å². The summed E-state index contributed by atoms with van der Waals surface area (Å²) >= 11 is 6.13. The van der Waals surface area contributed by atoms with Gasteiger partial charge in [-0.3, -0.25) is 4.68 Å². The van der Waals surface area contributed by atoms with E-state index in [-0.39, 0.29) is 11.5 Å². The summed E-state index contributed by atoms with van der Waals surface area (Å²) in [6, 6.07) is 0. The fourth-order valence-corrected chi connectivity index (χ4v) is 2.19. The van der Waals surface area contributed by atoms with Gasteiger partial charge in [0.05, 0.1) is 30.3 Å². The second kappa shape index (κ2) is 5.69. The standard InChI is InChI=1S/C12H21ClN2O/c1-8(2)16-7-6-15-11(5)12(9(3)13)10(4)14-15/h8-9H,6-7H2,1-5H3. The molecule has 3 nitrogen and oxygen atoms in total. The Morgan fingerprint density at radius 3 is 2.38 bits per heavy atom. The molecule has 1 aromatic heterocycles. The molecular weight excluding hydrogens is 224 g/mol. The van der Waals surface area contributed by atoms with Crippen LogP contribution in [0.25, 0.3) is 0 Å². The van der Waals surface area contributed by atoms with Crippen molar-refractivity contribution in [3.8, 4) is 0 Å². The Morgan fingerprint density at radius 1 is 1.31 bits per heavy atom. The molecule has 0 aliphatic carbocycles. The van der Waals surface area contributed by atoms with Crippen LogP contribution in [0.3, 0.4) is 0 Å². The molecule has 1 atom stereocenters. The Hall–Kier alpha value is -0.540. The summed E-state index contributed by atoms with van der Waals surface area (Å²) in [5.74, 6) is 0. The lowest BCUT2D eigenvalue weighted by molar-refractivity contribution is 0.0706. The van der Waals surface area contributed by atoms with E-state index in [1.165, 1.54) is 0 Å². The molecule has 1 aromatic rings. The van der Waals surface area contributed by atoms with Crippen molar-refractivity contribution in [1.82, 2.24) is 9.78 Å². The van der Waals surface area contributed by atoms with Crippen molar-refractivity contribution < 1.29 is 4.74 Å². The average molecular weight is 245 g/mol. The van der Waals surface area contributed by atoms with Crippen LogP contribution in [0.1, 0.15) is 43.1 Å². The molecule has 0 amide bonds. The number of halogens is 1. The van der Waals surface area contributed by atoms with Gasteiger partial charge in [-0.25, -0.2) is 0 Å². The lowest BCUT2D eigenvalue weighted by atomic mass is 10.1. The van der Waals surface area contributed by atoms with E-state index in [1.807, 2.05) is 32.4 Å². The number of aromatic nitrogens is 2. The molecular formula is C12H21ClN2O. The monoisotopic (exact) mass is 244 g/mol. The maximum absolute atomic E-state index is 6.13. The van der Waals surface area contributed by atoms with E-state index in [9.17, 15) is 0 Å². The lowest BCUT2D eigenvalue weighted by Gasteiger charge is -2.09. The summed E-state index contributed by atoms with van der Waals surface area (Å²) in [7, 11) is 0. The van der Waals surface area contributed by atoms with Crippen molar-refractivity contribution in [3.05, 3.63) is 17.0 Å². The normalized spacial score (nSPS) is 13.4. The zero-order valence-electron chi connectivity index (χ0n) is 10.7. The van der Waals surface area contributed by atoms with E-state index in [2.05, 4.69) is 12.0 Å². The van der Waals surface area contributed by atoms with Crippen LogP contribution in [0.15, 0.2) is 0 Å². The molecule has 0 saturated carbocycles. The smallest absolute Gasteiger partial charge is 0.0666 e. The third-order valence-corrected chi connectivity index (χ3v) is 2.81. The summed E-state index contributed by atoms with van der Waals surface area (Å²) in [5.41, 5.74) is 3.31. The predicted octanol–water partition coefficient (Wildman–Crippen LogP) is 3.22. The quantitative estimate of drug-likeness (QED) is 0.744. The van der Waals surface area contributed by atoms with Crippen LogP contribution in [0.2, 0.25) is 0 Å². The molecule has 0 fully saturated rings. The molecule has 4 heteroatoms. The number of aryl methyl sites for hydroxylation is 1. The first-order valence-corrected chi connectivity index (χ1v) is 6.16. The van der Waals surface area contributed by atoms with Gasteiger partial charge in [-0.15, -0.1) is 11.6 Å². The van der Waals surface area contributed by atoms with Crippen LogP contribution in [-0.4, -0.2) is 22.5 Å². The first-order valence-electron chi connectivity index (χ1n) is 5.73. The lowest BCUT2D eigenvalue weighted by Crippen LogP contribution is -2.12. The van der Waals surface area contributed by atoms with Crippen LogP contribution >= 0.6 is 11.6 Å². The van der Waals surface area contributed by atoms with E-state index >= 15 is 0 Å². The Morgan fingerprint density at radius 2 is 1.94 bits per heavy atom. The van der Waals surface area contributed by atoms with Gasteiger partial charge in [0.2, 0.25) is 0 Å². The minimum Gasteiger partial charge on any atom is -0.377 e. The fraction of sp³-hybridized carbons (Fsp3) is 0.750. The molecule has 16 heavy (non-hydrogen) atoms. The van der Waals surface area contributed by atoms with Gasteiger partial charge in [0.1, 0.15) is 0 Å². The Bertz CT molecular complexity index is 345. The van der Waals surface area contributed by atoms with Gasteiger partial charge in [-0.2, -0.15) is 5.10 Å². The van der Waals surface area contributed by atoms with Crippen molar-refractivity contribution in [1.29, 1.82) is 0 Å². The average Bonchev–Trinajstić information content (AvgIpc) is 2.41. The van der Waals surface area contributed by atoms with Gasteiger partial charge < -0.3 is 4.74 Å². The minimum absolute atomic E-state index is 0.0137. The molecule has 0 spiro atoms. The van der Waals surface area contributed by atoms with Gasteiger partial charge in [-0.05, 0) is 34.6 Å². The predicted molar refractivity (Wildman–Crippen MR) is 67.1 cm³/mol. The van der Waals surface area contributed by atoms with E-state index in [4.69, 9.17) is 16.3 Å². The second-order valence-corrected chi connectivity index (χ2v) is 5.00. The van der Waals surface area contributed by atoms with Crippen molar-refractivity contribution in [3.63, 3.8) is 0 Å². The molecule has 1 unspecified atom stereocenters. The first-order chi connectivity index (χ1) is 7.43.